The zero-order chi connectivity index (χ0) is 21.8. The number of nitrogens with zero attached hydrogens (tertiary/aromatic N) is 3. The Morgan fingerprint density at radius 3 is 2.63 bits per heavy atom. The molecule has 2 aromatic rings. The van der Waals surface area contributed by atoms with Gasteiger partial charge in [-0.1, -0.05) is 0 Å². The maximum atomic E-state index is 12.8. The van der Waals surface area contributed by atoms with Crippen LogP contribution in [0.25, 0.3) is 11.0 Å². The van der Waals surface area contributed by atoms with Gasteiger partial charge in [0.15, 0.2) is 5.82 Å². The number of fused-ring (bicyclic) bond motifs is 1. The number of aromatic amines is 1. The number of likely N-dealkylation sites (tertiary alicyclic amines) is 1. The summed E-state index contributed by atoms with van der Waals surface area (Å²) in [5.74, 6) is -1.51. The summed E-state index contributed by atoms with van der Waals surface area (Å²) in [5.41, 5.74) is 0.935. The van der Waals surface area contributed by atoms with Crippen molar-refractivity contribution in [2.24, 2.45) is 5.92 Å². The highest BCUT2D eigenvalue weighted by molar-refractivity contribution is 5.99. The molecule has 1 N–H and O–H groups in total. The second-order valence-corrected chi connectivity index (χ2v) is 7.22. The van der Waals surface area contributed by atoms with Crippen LogP contribution in [-0.2, 0) is 14.3 Å². The predicted molar refractivity (Wildman–Crippen MR) is 104 cm³/mol. The standard InChI is InChI=1S/C20H24F2N4O4/c1-3-30-20(29)12-6-8-26(9-7-12)16(27)11-25(2)19(28)13-4-5-14-15(10-13)24-18(23-14)17(21)22/h4-5,10,12,17H,3,6-9,11H2,1-2H3,(H,23,24). The molecule has 8 nitrogen and oxygen atoms in total. The molecular weight excluding hydrogens is 398 g/mol. The Morgan fingerprint density at radius 2 is 2.00 bits per heavy atom. The van der Waals surface area contributed by atoms with E-state index in [9.17, 15) is 23.2 Å². The Kier molecular flexibility index (Phi) is 6.63. The van der Waals surface area contributed by atoms with E-state index in [2.05, 4.69) is 9.97 Å². The summed E-state index contributed by atoms with van der Waals surface area (Å²) in [6, 6.07) is 4.43. The van der Waals surface area contributed by atoms with Crippen LogP contribution in [-0.4, -0.2) is 70.8 Å². The number of carbonyl (C=O) groups is 3. The number of hydrogen-bond acceptors (Lipinski definition) is 5. The van der Waals surface area contributed by atoms with Crippen molar-refractivity contribution < 1.29 is 27.9 Å². The molecule has 1 saturated heterocycles. The minimum absolute atomic E-state index is 0.119. The number of rotatable bonds is 6. The summed E-state index contributed by atoms with van der Waals surface area (Å²) in [7, 11) is 1.51. The lowest BCUT2D eigenvalue weighted by Crippen LogP contribution is -2.45. The van der Waals surface area contributed by atoms with E-state index in [4.69, 9.17) is 4.74 Å². The van der Waals surface area contributed by atoms with Crippen LogP contribution >= 0.6 is 0 Å². The molecule has 2 amide bonds. The number of ether oxygens (including phenoxy) is 1. The minimum atomic E-state index is -2.73. The van der Waals surface area contributed by atoms with Crippen LogP contribution in [0.4, 0.5) is 8.78 Å². The van der Waals surface area contributed by atoms with Gasteiger partial charge in [-0.05, 0) is 38.0 Å². The molecule has 0 aliphatic carbocycles. The van der Waals surface area contributed by atoms with Gasteiger partial charge in [-0.2, -0.15) is 0 Å². The van der Waals surface area contributed by atoms with E-state index in [0.29, 0.717) is 43.6 Å². The third-order valence-corrected chi connectivity index (χ3v) is 5.14. The lowest BCUT2D eigenvalue weighted by molar-refractivity contribution is -0.151. The van der Waals surface area contributed by atoms with E-state index in [0.717, 1.165) is 0 Å². The lowest BCUT2D eigenvalue weighted by atomic mass is 9.97. The van der Waals surface area contributed by atoms with E-state index >= 15 is 0 Å². The van der Waals surface area contributed by atoms with Crippen LogP contribution in [0.15, 0.2) is 18.2 Å². The number of hydrogen-bond donors (Lipinski definition) is 1. The number of aromatic nitrogens is 2. The topological polar surface area (TPSA) is 95.6 Å². The Balaban J connectivity index is 1.58. The smallest absolute Gasteiger partial charge is 0.309 e. The number of likely N-dealkylation sites (N-methyl/N-ethyl adjacent to an activating group) is 1. The number of carbonyl (C=O) groups excluding carboxylic acids is 3. The van der Waals surface area contributed by atoms with Crippen molar-refractivity contribution in [3.63, 3.8) is 0 Å². The molecule has 1 fully saturated rings. The highest BCUT2D eigenvalue weighted by Gasteiger charge is 2.29. The third-order valence-electron chi connectivity index (χ3n) is 5.14. The van der Waals surface area contributed by atoms with Crippen LogP contribution in [0.1, 0.15) is 42.4 Å². The molecule has 10 heteroatoms. The van der Waals surface area contributed by atoms with Gasteiger partial charge < -0.3 is 19.5 Å². The summed E-state index contributed by atoms with van der Waals surface area (Å²) in [5, 5.41) is 0. The maximum absolute atomic E-state index is 12.8. The number of imidazole rings is 1. The summed E-state index contributed by atoms with van der Waals surface area (Å²) >= 11 is 0. The molecule has 1 aromatic carbocycles. The summed E-state index contributed by atoms with van der Waals surface area (Å²) in [6.45, 7) is 2.83. The van der Waals surface area contributed by atoms with E-state index in [1.807, 2.05) is 0 Å². The first-order chi connectivity index (χ1) is 14.3. The molecule has 0 unspecified atom stereocenters. The summed E-state index contributed by atoms with van der Waals surface area (Å²) in [6.07, 6.45) is -1.67. The number of halogens is 2. The van der Waals surface area contributed by atoms with Gasteiger partial charge in [-0.15, -0.1) is 0 Å². The molecule has 162 valence electrons. The summed E-state index contributed by atoms with van der Waals surface area (Å²) in [4.78, 5) is 46.2. The minimum Gasteiger partial charge on any atom is -0.466 e. The Hall–Kier alpha value is -3.04. The van der Waals surface area contributed by atoms with Crippen molar-refractivity contribution in [3.8, 4) is 0 Å². The van der Waals surface area contributed by atoms with Crippen molar-refractivity contribution in [1.82, 2.24) is 19.8 Å². The van der Waals surface area contributed by atoms with Crippen LogP contribution < -0.4 is 0 Å². The summed E-state index contributed by atoms with van der Waals surface area (Å²) < 4.78 is 30.6. The van der Waals surface area contributed by atoms with Gasteiger partial charge in [-0.25, -0.2) is 13.8 Å². The van der Waals surface area contributed by atoms with Crippen LogP contribution in [0, 0.1) is 5.92 Å². The van der Waals surface area contributed by atoms with Crippen molar-refractivity contribution in [2.75, 3.05) is 33.3 Å². The normalized spacial score (nSPS) is 14.9. The number of benzene rings is 1. The Morgan fingerprint density at radius 1 is 1.30 bits per heavy atom. The lowest BCUT2D eigenvalue weighted by Gasteiger charge is -2.32. The third kappa shape index (κ3) is 4.74. The fourth-order valence-electron chi connectivity index (χ4n) is 3.49. The van der Waals surface area contributed by atoms with Crippen LogP contribution in [0.2, 0.25) is 0 Å². The molecule has 1 aliphatic heterocycles. The SMILES string of the molecule is CCOC(=O)C1CCN(C(=O)CN(C)C(=O)c2ccc3nc(C(F)F)[nH]c3c2)CC1. The van der Waals surface area contributed by atoms with E-state index < -0.39 is 18.2 Å². The molecule has 0 bridgehead atoms. The second-order valence-electron chi connectivity index (χ2n) is 7.22. The van der Waals surface area contributed by atoms with Crippen molar-refractivity contribution in [2.45, 2.75) is 26.2 Å². The second kappa shape index (κ2) is 9.19. The average molecular weight is 422 g/mol. The van der Waals surface area contributed by atoms with Crippen LogP contribution in [0.5, 0.6) is 0 Å². The number of esters is 1. The zero-order valence-corrected chi connectivity index (χ0v) is 16.9. The number of alkyl halides is 2. The number of piperidine rings is 1. The van der Waals surface area contributed by atoms with Crippen molar-refractivity contribution >= 4 is 28.8 Å². The van der Waals surface area contributed by atoms with E-state index in [1.165, 1.54) is 30.1 Å². The fourth-order valence-corrected chi connectivity index (χ4v) is 3.49. The van der Waals surface area contributed by atoms with Gasteiger partial charge in [0.25, 0.3) is 12.3 Å². The Bertz CT molecular complexity index is 938. The van der Waals surface area contributed by atoms with Gasteiger partial charge >= 0.3 is 5.97 Å². The van der Waals surface area contributed by atoms with Gasteiger partial charge in [-0.3, -0.25) is 14.4 Å². The number of H-pyrrole nitrogens is 1. The molecule has 0 saturated carbocycles. The molecule has 1 aliphatic rings. The molecule has 0 spiro atoms. The molecular formula is C20H24F2N4O4. The first kappa shape index (κ1) is 21.7. The van der Waals surface area contributed by atoms with E-state index in [1.54, 1.807) is 11.8 Å². The van der Waals surface area contributed by atoms with Gasteiger partial charge in [0.05, 0.1) is 30.1 Å². The first-order valence-electron chi connectivity index (χ1n) is 9.77. The molecule has 0 radical (unpaired) electrons. The van der Waals surface area contributed by atoms with Gasteiger partial charge in [0, 0.05) is 25.7 Å². The highest BCUT2D eigenvalue weighted by Crippen LogP contribution is 2.22. The molecule has 1 aromatic heterocycles. The molecule has 0 atom stereocenters. The monoisotopic (exact) mass is 422 g/mol. The van der Waals surface area contributed by atoms with Crippen molar-refractivity contribution in [3.05, 3.63) is 29.6 Å². The van der Waals surface area contributed by atoms with Gasteiger partial charge in [0.1, 0.15) is 0 Å². The van der Waals surface area contributed by atoms with Crippen LogP contribution in [0.3, 0.4) is 0 Å². The Labute approximate surface area is 172 Å². The molecule has 2 heterocycles. The fraction of sp³-hybridized carbons (Fsp3) is 0.500. The quantitative estimate of drug-likeness (QED) is 0.721. The van der Waals surface area contributed by atoms with Gasteiger partial charge in [0.2, 0.25) is 5.91 Å². The zero-order valence-electron chi connectivity index (χ0n) is 16.9. The largest absolute Gasteiger partial charge is 0.466 e. The average Bonchev–Trinajstić information content (AvgIpc) is 3.17. The first-order valence-corrected chi connectivity index (χ1v) is 9.77. The number of nitrogens with one attached hydrogen (secondary N) is 1. The molecule has 3 rings (SSSR count). The predicted octanol–water partition coefficient (Wildman–Crippen LogP) is 2.37. The number of amides is 2. The van der Waals surface area contributed by atoms with Crippen molar-refractivity contribution in [1.29, 1.82) is 0 Å². The molecule has 30 heavy (non-hydrogen) atoms. The van der Waals surface area contributed by atoms with E-state index in [-0.39, 0.29) is 29.9 Å². The highest BCUT2D eigenvalue weighted by atomic mass is 19.3. The maximum Gasteiger partial charge on any atom is 0.309 e.